The molecule has 2 atom stereocenters. The Morgan fingerprint density at radius 2 is 2.00 bits per heavy atom. The summed E-state index contributed by atoms with van der Waals surface area (Å²) in [5.74, 6) is 1.94. The molecule has 0 unspecified atom stereocenters. The van der Waals surface area contributed by atoms with Crippen LogP contribution >= 0.6 is 11.3 Å². The van der Waals surface area contributed by atoms with Crippen LogP contribution in [0.5, 0.6) is 5.75 Å². The number of carbonyl (C=O) groups excluding carboxylic acids is 1. The maximum absolute atomic E-state index is 13.3. The minimum atomic E-state index is -0.399. The number of para-hydroxylation sites is 1. The first-order valence-electron chi connectivity index (χ1n) is 9.03. The quantitative estimate of drug-likeness (QED) is 0.691. The van der Waals surface area contributed by atoms with Crippen molar-refractivity contribution in [3.63, 3.8) is 0 Å². The third-order valence-corrected chi connectivity index (χ3v) is 6.27. The summed E-state index contributed by atoms with van der Waals surface area (Å²) >= 11 is 1.68. The first kappa shape index (κ1) is 17.0. The van der Waals surface area contributed by atoms with Crippen molar-refractivity contribution in [2.24, 2.45) is 0 Å². The number of anilines is 2. The lowest BCUT2D eigenvalue weighted by atomic mass is 9.80. The van der Waals surface area contributed by atoms with Gasteiger partial charge in [-0.2, -0.15) is 0 Å². The second kappa shape index (κ2) is 6.79. The smallest absolute Gasteiger partial charge is 0.219 e. The van der Waals surface area contributed by atoms with Gasteiger partial charge in [0, 0.05) is 34.0 Å². The molecule has 0 amide bonds. The molecule has 3 heterocycles. The van der Waals surface area contributed by atoms with Crippen LogP contribution in [0, 0.1) is 0 Å². The number of thiophene rings is 1. The van der Waals surface area contributed by atoms with Gasteiger partial charge in [-0.1, -0.05) is 24.3 Å². The number of benzene rings is 1. The molecule has 2 N–H and O–H groups in total. The van der Waals surface area contributed by atoms with E-state index in [0.717, 1.165) is 17.7 Å². The average Bonchev–Trinajstić information content (AvgIpc) is 3.37. The van der Waals surface area contributed by atoms with E-state index in [1.54, 1.807) is 18.4 Å². The zero-order valence-corrected chi connectivity index (χ0v) is 16.0. The number of rotatable bonds is 3. The second-order valence-corrected chi connectivity index (χ2v) is 7.82. The SMILES string of the molecule is COc1ccccc1[C@@H]1Nc2nonc2NC2=C1C(=O)C[C@@H](c1cccs1)C2. The van der Waals surface area contributed by atoms with Crippen molar-refractivity contribution in [1.29, 1.82) is 0 Å². The Balaban J connectivity index is 1.64. The molecular formula is C20H18N4O3S. The first-order valence-corrected chi connectivity index (χ1v) is 9.91. The van der Waals surface area contributed by atoms with Gasteiger partial charge in [0.25, 0.3) is 0 Å². The molecule has 0 saturated heterocycles. The third-order valence-electron chi connectivity index (χ3n) is 5.23. The summed E-state index contributed by atoms with van der Waals surface area (Å²) in [5, 5.41) is 16.6. The molecule has 0 radical (unpaired) electrons. The standard InChI is InChI=1S/C20H18N4O3S/c1-26-15-6-3-2-5-12(15)18-17-13(21-19-20(22-18)24-27-23-19)9-11(10-14(17)25)16-7-4-8-28-16/h2-8,11,18H,9-10H2,1H3,(H,21,23)(H,22,24)/t11-,18-/m0/s1. The fourth-order valence-electron chi connectivity index (χ4n) is 3.96. The number of ether oxygens (including phenoxy) is 1. The van der Waals surface area contributed by atoms with Crippen molar-refractivity contribution in [3.05, 3.63) is 63.5 Å². The van der Waals surface area contributed by atoms with Gasteiger partial charge in [-0.15, -0.1) is 11.3 Å². The Morgan fingerprint density at radius 3 is 2.82 bits per heavy atom. The number of carbonyl (C=O) groups is 1. The minimum Gasteiger partial charge on any atom is -0.496 e. The van der Waals surface area contributed by atoms with Gasteiger partial charge >= 0.3 is 0 Å². The maximum atomic E-state index is 13.3. The molecule has 0 spiro atoms. The lowest BCUT2D eigenvalue weighted by Crippen LogP contribution is -2.27. The number of methoxy groups -OCH3 is 1. The van der Waals surface area contributed by atoms with Gasteiger partial charge in [0.2, 0.25) is 11.6 Å². The highest BCUT2D eigenvalue weighted by Gasteiger charge is 2.38. The molecule has 3 aromatic rings. The molecule has 28 heavy (non-hydrogen) atoms. The van der Waals surface area contributed by atoms with Gasteiger partial charge in [0.15, 0.2) is 5.78 Å². The number of allylic oxidation sites excluding steroid dienone is 1. The van der Waals surface area contributed by atoms with Gasteiger partial charge in [0.1, 0.15) is 5.75 Å². The van der Waals surface area contributed by atoms with Crippen LogP contribution < -0.4 is 15.4 Å². The number of Topliss-reactive ketones (excluding diaryl/α,β-unsaturated/α-hetero) is 1. The highest BCUT2D eigenvalue weighted by molar-refractivity contribution is 7.10. The predicted octanol–water partition coefficient (Wildman–Crippen LogP) is 4.12. The average molecular weight is 394 g/mol. The zero-order chi connectivity index (χ0) is 19.1. The molecule has 1 aromatic carbocycles. The second-order valence-electron chi connectivity index (χ2n) is 6.84. The normalized spacial score (nSPS) is 21.2. The van der Waals surface area contributed by atoms with Crippen LogP contribution in [0.15, 0.2) is 57.7 Å². The minimum absolute atomic E-state index is 0.109. The molecule has 1 aliphatic heterocycles. The number of nitrogens with zero attached hydrogens (tertiary/aromatic N) is 2. The van der Waals surface area contributed by atoms with Crippen molar-refractivity contribution in [2.75, 3.05) is 17.7 Å². The van der Waals surface area contributed by atoms with Crippen LogP contribution in [-0.2, 0) is 4.79 Å². The van der Waals surface area contributed by atoms with Crippen molar-refractivity contribution < 1.29 is 14.2 Å². The molecule has 5 rings (SSSR count). The van der Waals surface area contributed by atoms with E-state index >= 15 is 0 Å². The van der Waals surface area contributed by atoms with Crippen molar-refractivity contribution >= 4 is 28.8 Å². The number of fused-ring (bicyclic) bond motifs is 1. The lowest BCUT2D eigenvalue weighted by molar-refractivity contribution is -0.116. The molecule has 8 heteroatoms. The summed E-state index contributed by atoms with van der Waals surface area (Å²) in [6.45, 7) is 0. The van der Waals surface area contributed by atoms with E-state index in [4.69, 9.17) is 9.37 Å². The Bertz CT molecular complexity index is 1060. The third kappa shape index (κ3) is 2.77. The zero-order valence-electron chi connectivity index (χ0n) is 15.1. The fourth-order valence-corrected chi connectivity index (χ4v) is 4.79. The molecule has 7 nitrogen and oxygen atoms in total. The molecule has 0 saturated carbocycles. The van der Waals surface area contributed by atoms with Gasteiger partial charge < -0.3 is 15.4 Å². The monoisotopic (exact) mass is 394 g/mol. The maximum Gasteiger partial charge on any atom is 0.219 e. The van der Waals surface area contributed by atoms with E-state index in [1.807, 2.05) is 35.7 Å². The largest absolute Gasteiger partial charge is 0.496 e. The number of hydrogen-bond acceptors (Lipinski definition) is 8. The fraction of sp³-hybridized carbons (Fsp3) is 0.250. The van der Waals surface area contributed by atoms with E-state index in [1.165, 1.54) is 4.88 Å². The number of hydrogen-bond donors (Lipinski definition) is 2. The number of nitrogens with one attached hydrogen (secondary N) is 2. The summed E-state index contributed by atoms with van der Waals surface area (Å²) in [6.07, 6.45) is 1.20. The highest BCUT2D eigenvalue weighted by atomic mass is 32.1. The first-order chi connectivity index (χ1) is 13.7. The summed E-state index contributed by atoms with van der Waals surface area (Å²) in [5.41, 5.74) is 2.43. The molecule has 1 aliphatic carbocycles. The van der Waals surface area contributed by atoms with Crippen LogP contribution in [0.3, 0.4) is 0 Å². The van der Waals surface area contributed by atoms with Crippen LogP contribution in [0.4, 0.5) is 11.6 Å². The molecular weight excluding hydrogens is 376 g/mol. The molecule has 2 aromatic heterocycles. The van der Waals surface area contributed by atoms with Gasteiger partial charge in [-0.05, 0) is 34.2 Å². The summed E-state index contributed by atoms with van der Waals surface area (Å²) < 4.78 is 10.5. The molecule has 142 valence electrons. The van der Waals surface area contributed by atoms with Crippen LogP contribution in [0.25, 0.3) is 0 Å². The summed E-state index contributed by atoms with van der Waals surface area (Å²) in [6, 6.07) is 11.4. The van der Waals surface area contributed by atoms with E-state index in [-0.39, 0.29) is 11.7 Å². The number of aromatic nitrogens is 2. The highest BCUT2D eigenvalue weighted by Crippen LogP contribution is 2.45. The molecule has 0 bridgehead atoms. The van der Waals surface area contributed by atoms with Gasteiger partial charge in [0.05, 0.1) is 13.2 Å². The van der Waals surface area contributed by atoms with Crippen molar-refractivity contribution in [1.82, 2.24) is 10.3 Å². The van der Waals surface area contributed by atoms with Gasteiger partial charge in [-0.25, -0.2) is 4.63 Å². The molecule has 2 aliphatic rings. The summed E-state index contributed by atoms with van der Waals surface area (Å²) in [7, 11) is 1.63. The van der Waals surface area contributed by atoms with E-state index < -0.39 is 6.04 Å². The van der Waals surface area contributed by atoms with E-state index in [0.29, 0.717) is 29.4 Å². The van der Waals surface area contributed by atoms with Crippen molar-refractivity contribution in [2.45, 2.75) is 24.8 Å². The predicted molar refractivity (Wildman–Crippen MR) is 106 cm³/mol. The summed E-state index contributed by atoms with van der Waals surface area (Å²) in [4.78, 5) is 14.5. The lowest BCUT2D eigenvalue weighted by Gasteiger charge is -2.29. The molecule has 0 fully saturated rings. The van der Waals surface area contributed by atoms with E-state index in [9.17, 15) is 4.79 Å². The Hall–Kier alpha value is -3.13. The van der Waals surface area contributed by atoms with Crippen LogP contribution in [-0.4, -0.2) is 23.2 Å². The topological polar surface area (TPSA) is 89.3 Å². The van der Waals surface area contributed by atoms with Gasteiger partial charge in [-0.3, -0.25) is 4.79 Å². The van der Waals surface area contributed by atoms with Crippen LogP contribution in [0.1, 0.15) is 35.2 Å². The van der Waals surface area contributed by atoms with Crippen molar-refractivity contribution in [3.8, 4) is 5.75 Å². The van der Waals surface area contributed by atoms with E-state index in [2.05, 4.69) is 27.0 Å². The Morgan fingerprint density at radius 1 is 1.14 bits per heavy atom. The Labute approximate surface area is 165 Å². The van der Waals surface area contributed by atoms with Crippen LogP contribution in [0.2, 0.25) is 0 Å². The number of ketones is 1. The Kier molecular flexibility index (Phi) is 4.12.